The molecule has 20 heavy (non-hydrogen) atoms. The lowest BCUT2D eigenvalue weighted by Gasteiger charge is -2.30. The molecule has 1 fully saturated rings. The first-order valence-electron chi connectivity index (χ1n) is 7.34. The van der Waals surface area contributed by atoms with E-state index in [-0.39, 0.29) is 5.91 Å². The third-order valence-corrected chi connectivity index (χ3v) is 4.47. The highest BCUT2D eigenvalue weighted by atomic mass is 79.9. The van der Waals surface area contributed by atoms with Crippen molar-refractivity contribution >= 4 is 27.5 Å². The van der Waals surface area contributed by atoms with Crippen LogP contribution in [0.2, 0.25) is 0 Å². The summed E-state index contributed by atoms with van der Waals surface area (Å²) < 4.78 is 1.08. The van der Waals surface area contributed by atoms with Gasteiger partial charge in [-0.15, -0.1) is 0 Å². The molecule has 0 atom stereocenters. The SMILES string of the molecule is Cc1cc(Br)ccc1NCCC(=O)N1CCC(C)CC1. The summed E-state index contributed by atoms with van der Waals surface area (Å²) in [4.78, 5) is 14.1. The Kier molecular flexibility index (Phi) is 5.46. The number of benzene rings is 1. The van der Waals surface area contributed by atoms with Crippen LogP contribution >= 0.6 is 15.9 Å². The Morgan fingerprint density at radius 3 is 2.75 bits per heavy atom. The summed E-state index contributed by atoms with van der Waals surface area (Å²) >= 11 is 3.46. The van der Waals surface area contributed by atoms with Gasteiger partial charge in [0.15, 0.2) is 0 Å². The number of hydrogen-bond donors (Lipinski definition) is 1. The molecular weight excluding hydrogens is 316 g/mol. The molecule has 0 aliphatic carbocycles. The molecule has 1 heterocycles. The maximum Gasteiger partial charge on any atom is 0.224 e. The lowest BCUT2D eigenvalue weighted by atomic mass is 9.99. The molecule has 1 saturated heterocycles. The molecule has 1 aliphatic rings. The Balaban J connectivity index is 1.76. The van der Waals surface area contributed by atoms with E-state index in [1.807, 2.05) is 17.0 Å². The number of nitrogens with zero attached hydrogens (tertiary/aromatic N) is 1. The van der Waals surface area contributed by atoms with Crippen molar-refractivity contribution in [3.8, 4) is 0 Å². The van der Waals surface area contributed by atoms with Gasteiger partial charge in [-0.3, -0.25) is 4.79 Å². The third-order valence-electron chi connectivity index (χ3n) is 3.98. The lowest BCUT2D eigenvalue weighted by Crippen LogP contribution is -2.38. The van der Waals surface area contributed by atoms with Crippen molar-refractivity contribution in [1.29, 1.82) is 0 Å². The smallest absolute Gasteiger partial charge is 0.224 e. The number of piperidine rings is 1. The van der Waals surface area contributed by atoms with Gasteiger partial charge in [0.25, 0.3) is 0 Å². The first-order chi connectivity index (χ1) is 9.56. The number of aryl methyl sites for hydroxylation is 1. The summed E-state index contributed by atoms with van der Waals surface area (Å²) in [6, 6.07) is 6.14. The van der Waals surface area contributed by atoms with Crippen LogP contribution in [0.25, 0.3) is 0 Å². The molecule has 1 aliphatic heterocycles. The second-order valence-corrected chi connectivity index (χ2v) is 6.62. The molecule has 4 heteroatoms. The van der Waals surface area contributed by atoms with Gasteiger partial charge in [0.05, 0.1) is 0 Å². The largest absolute Gasteiger partial charge is 0.384 e. The number of anilines is 1. The van der Waals surface area contributed by atoms with Crippen LogP contribution in [0.3, 0.4) is 0 Å². The molecule has 1 aromatic rings. The molecule has 0 spiro atoms. The monoisotopic (exact) mass is 338 g/mol. The van der Waals surface area contributed by atoms with Crippen LogP contribution in [0.1, 0.15) is 31.7 Å². The Hall–Kier alpha value is -1.03. The van der Waals surface area contributed by atoms with E-state index in [2.05, 4.69) is 41.2 Å². The Morgan fingerprint density at radius 1 is 1.40 bits per heavy atom. The summed E-state index contributed by atoms with van der Waals surface area (Å²) in [5.41, 5.74) is 2.30. The molecule has 110 valence electrons. The van der Waals surface area contributed by atoms with Crippen LogP contribution < -0.4 is 5.32 Å². The predicted molar refractivity (Wildman–Crippen MR) is 87.0 cm³/mol. The van der Waals surface area contributed by atoms with Gasteiger partial charge in [-0.05, 0) is 49.4 Å². The lowest BCUT2D eigenvalue weighted by molar-refractivity contribution is -0.132. The first-order valence-corrected chi connectivity index (χ1v) is 8.13. The van der Waals surface area contributed by atoms with Crippen molar-refractivity contribution in [1.82, 2.24) is 4.90 Å². The van der Waals surface area contributed by atoms with E-state index in [0.717, 1.165) is 42.0 Å². The first kappa shape index (κ1) is 15.4. The number of carbonyl (C=O) groups is 1. The van der Waals surface area contributed by atoms with Crippen molar-refractivity contribution in [2.24, 2.45) is 5.92 Å². The zero-order valence-electron chi connectivity index (χ0n) is 12.3. The fourth-order valence-corrected chi connectivity index (χ4v) is 3.02. The zero-order chi connectivity index (χ0) is 14.5. The number of carbonyl (C=O) groups excluding carboxylic acids is 1. The van der Waals surface area contributed by atoms with Crippen LogP contribution in [0, 0.1) is 12.8 Å². The molecular formula is C16H23BrN2O. The summed E-state index contributed by atoms with van der Waals surface area (Å²) in [6.07, 6.45) is 2.86. The minimum atomic E-state index is 0.277. The quantitative estimate of drug-likeness (QED) is 0.905. The molecule has 1 N–H and O–H groups in total. The zero-order valence-corrected chi connectivity index (χ0v) is 13.9. The summed E-state index contributed by atoms with van der Waals surface area (Å²) in [5, 5.41) is 3.35. The number of rotatable bonds is 4. The molecule has 1 amide bonds. The van der Waals surface area contributed by atoms with E-state index in [4.69, 9.17) is 0 Å². The number of halogens is 1. The van der Waals surface area contributed by atoms with Gasteiger partial charge in [0.1, 0.15) is 0 Å². The summed E-state index contributed by atoms with van der Waals surface area (Å²) in [6.45, 7) is 6.89. The minimum absolute atomic E-state index is 0.277. The molecule has 1 aromatic carbocycles. The van der Waals surface area contributed by atoms with E-state index in [1.165, 1.54) is 5.56 Å². The van der Waals surface area contributed by atoms with E-state index in [1.54, 1.807) is 0 Å². The second-order valence-electron chi connectivity index (χ2n) is 5.70. The van der Waals surface area contributed by atoms with Crippen molar-refractivity contribution in [2.75, 3.05) is 25.0 Å². The van der Waals surface area contributed by atoms with Gasteiger partial charge in [0.2, 0.25) is 5.91 Å². The van der Waals surface area contributed by atoms with E-state index in [9.17, 15) is 4.79 Å². The highest BCUT2D eigenvalue weighted by molar-refractivity contribution is 9.10. The summed E-state index contributed by atoms with van der Waals surface area (Å²) in [7, 11) is 0. The van der Waals surface area contributed by atoms with Gasteiger partial charge in [-0.25, -0.2) is 0 Å². The fraction of sp³-hybridized carbons (Fsp3) is 0.562. The number of amides is 1. The minimum Gasteiger partial charge on any atom is -0.384 e. The molecule has 0 saturated carbocycles. The topological polar surface area (TPSA) is 32.3 Å². The van der Waals surface area contributed by atoms with Crippen molar-refractivity contribution in [2.45, 2.75) is 33.1 Å². The predicted octanol–water partition coefficient (Wildman–Crippen LogP) is 3.82. The molecule has 0 bridgehead atoms. The number of nitrogens with one attached hydrogen (secondary N) is 1. The second kappa shape index (κ2) is 7.11. The molecule has 0 radical (unpaired) electrons. The normalized spacial score (nSPS) is 16.2. The fourth-order valence-electron chi connectivity index (χ4n) is 2.55. The van der Waals surface area contributed by atoms with Crippen molar-refractivity contribution < 1.29 is 4.79 Å². The Bertz CT molecular complexity index is 468. The van der Waals surface area contributed by atoms with E-state index >= 15 is 0 Å². The Morgan fingerprint density at radius 2 is 2.10 bits per heavy atom. The molecule has 2 rings (SSSR count). The van der Waals surface area contributed by atoms with Gasteiger partial charge < -0.3 is 10.2 Å². The van der Waals surface area contributed by atoms with Crippen LogP contribution in [-0.2, 0) is 4.79 Å². The number of likely N-dealkylation sites (tertiary alicyclic amines) is 1. The maximum absolute atomic E-state index is 12.1. The molecule has 0 aromatic heterocycles. The molecule has 3 nitrogen and oxygen atoms in total. The average molecular weight is 339 g/mol. The van der Waals surface area contributed by atoms with Crippen LogP contribution in [-0.4, -0.2) is 30.4 Å². The van der Waals surface area contributed by atoms with Crippen molar-refractivity contribution in [3.05, 3.63) is 28.2 Å². The number of hydrogen-bond acceptors (Lipinski definition) is 2. The Labute approximate surface area is 129 Å². The highest BCUT2D eigenvalue weighted by Crippen LogP contribution is 2.20. The van der Waals surface area contributed by atoms with Crippen LogP contribution in [0.5, 0.6) is 0 Å². The van der Waals surface area contributed by atoms with Gasteiger partial charge in [0, 0.05) is 36.2 Å². The summed E-state index contributed by atoms with van der Waals surface area (Å²) in [5.74, 6) is 1.04. The highest BCUT2D eigenvalue weighted by Gasteiger charge is 2.19. The van der Waals surface area contributed by atoms with Gasteiger partial charge >= 0.3 is 0 Å². The third kappa shape index (κ3) is 4.23. The standard InChI is InChI=1S/C16H23BrN2O/c1-12-6-9-19(10-7-12)16(20)5-8-18-15-4-3-14(17)11-13(15)2/h3-4,11-12,18H,5-10H2,1-2H3. The van der Waals surface area contributed by atoms with E-state index < -0.39 is 0 Å². The van der Waals surface area contributed by atoms with Crippen LogP contribution in [0.15, 0.2) is 22.7 Å². The maximum atomic E-state index is 12.1. The van der Waals surface area contributed by atoms with Gasteiger partial charge in [-0.2, -0.15) is 0 Å². The molecule has 0 unspecified atom stereocenters. The van der Waals surface area contributed by atoms with Crippen LogP contribution in [0.4, 0.5) is 5.69 Å². The average Bonchev–Trinajstić information content (AvgIpc) is 2.42. The van der Waals surface area contributed by atoms with E-state index in [0.29, 0.717) is 13.0 Å². The van der Waals surface area contributed by atoms with Crippen molar-refractivity contribution in [3.63, 3.8) is 0 Å². The van der Waals surface area contributed by atoms with Gasteiger partial charge in [-0.1, -0.05) is 22.9 Å².